The molecule has 0 amide bonds. The first kappa shape index (κ1) is 16.2. The lowest BCUT2D eigenvalue weighted by molar-refractivity contribution is -0.269. The summed E-state index contributed by atoms with van der Waals surface area (Å²) >= 11 is 6.70. The third-order valence-corrected chi connectivity index (χ3v) is 3.70. The minimum absolute atomic E-state index is 0.0178. The second-order valence-corrected chi connectivity index (χ2v) is 5.57. The Hall–Kier alpha value is -2.19. The quantitative estimate of drug-likeness (QED) is 0.633. The van der Waals surface area contributed by atoms with E-state index in [9.17, 15) is 15.0 Å². The van der Waals surface area contributed by atoms with Crippen molar-refractivity contribution < 1.29 is 19.7 Å². The van der Waals surface area contributed by atoms with E-state index in [2.05, 4.69) is 15.2 Å². The van der Waals surface area contributed by atoms with Crippen molar-refractivity contribution in [2.45, 2.75) is 12.1 Å². The highest BCUT2D eigenvalue weighted by molar-refractivity contribution is 8.04. The number of hydrogen-bond donors (Lipinski definition) is 2. The molecule has 116 valence electrons. The van der Waals surface area contributed by atoms with E-state index in [0.717, 1.165) is 11.8 Å². The fourth-order valence-electron chi connectivity index (χ4n) is 1.58. The summed E-state index contributed by atoms with van der Waals surface area (Å²) in [5.41, 5.74) is 0.429. The predicted molar refractivity (Wildman–Crippen MR) is 80.0 cm³/mol. The molecule has 7 nitrogen and oxygen atoms in total. The summed E-state index contributed by atoms with van der Waals surface area (Å²) in [5.74, 6) is -0.973. The number of hydrogen-bond acceptors (Lipinski definition) is 6. The number of carboxylic acids is 1. The van der Waals surface area contributed by atoms with Gasteiger partial charge in [0.05, 0.1) is 7.11 Å². The summed E-state index contributed by atoms with van der Waals surface area (Å²) in [7, 11) is 1.34. The first-order chi connectivity index (χ1) is 10.4. The van der Waals surface area contributed by atoms with Crippen LogP contribution < -0.4 is 9.84 Å². The maximum absolute atomic E-state index is 11.6. The molecule has 2 rings (SSSR count). The average molecular weight is 341 g/mol. The van der Waals surface area contributed by atoms with Crippen LogP contribution in [0.5, 0.6) is 11.5 Å². The molecule has 1 heterocycles. The van der Waals surface area contributed by atoms with E-state index in [4.69, 9.17) is 16.3 Å². The van der Waals surface area contributed by atoms with Crippen molar-refractivity contribution in [2.24, 2.45) is 0 Å². The highest BCUT2D eigenvalue weighted by atomic mass is 35.5. The third-order valence-electron chi connectivity index (χ3n) is 2.54. The zero-order chi connectivity index (χ0) is 16.3. The molecular weight excluding hydrogens is 330 g/mol. The SMILES string of the molecule is COc1cc(/C=C(/Sc2n[nH]c(C)n2)C(=O)O)cc(Cl)c1[O-]. The number of aromatic amines is 1. The largest absolute Gasteiger partial charge is 0.869 e. The van der Waals surface area contributed by atoms with Crippen molar-refractivity contribution in [2.75, 3.05) is 7.11 Å². The smallest absolute Gasteiger partial charge is 0.342 e. The molecule has 2 N–H and O–H groups in total. The Morgan fingerprint density at radius 3 is 2.82 bits per heavy atom. The Kier molecular flexibility index (Phi) is 4.94. The van der Waals surface area contributed by atoms with Crippen molar-refractivity contribution in [3.05, 3.63) is 33.4 Å². The van der Waals surface area contributed by atoms with Crippen LogP contribution in [-0.2, 0) is 4.79 Å². The van der Waals surface area contributed by atoms with Crippen LogP contribution in [0.3, 0.4) is 0 Å². The number of ether oxygens (including phenoxy) is 1. The molecule has 0 bridgehead atoms. The summed E-state index contributed by atoms with van der Waals surface area (Å²) in [6, 6.07) is 2.79. The molecule has 0 unspecified atom stereocenters. The van der Waals surface area contributed by atoms with Crippen molar-refractivity contribution in [1.29, 1.82) is 0 Å². The Bertz CT molecular complexity index is 745. The van der Waals surface area contributed by atoms with Crippen LogP contribution >= 0.6 is 23.4 Å². The lowest BCUT2D eigenvalue weighted by atomic mass is 10.2. The van der Waals surface area contributed by atoms with Crippen LogP contribution in [0.15, 0.2) is 22.2 Å². The van der Waals surface area contributed by atoms with E-state index in [-0.39, 0.29) is 20.8 Å². The highest BCUT2D eigenvalue weighted by Crippen LogP contribution is 2.34. The van der Waals surface area contributed by atoms with Gasteiger partial charge in [-0.2, -0.15) is 0 Å². The summed E-state index contributed by atoms with van der Waals surface area (Å²) in [4.78, 5) is 15.4. The fraction of sp³-hybridized carbons (Fsp3) is 0.154. The van der Waals surface area contributed by atoms with Crippen molar-refractivity contribution in [1.82, 2.24) is 15.2 Å². The zero-order valence-corrected chi connectivity index (χ0v) is 13.2. The monoisotopic (exact) mass is 340 g/mol. The van der Waals surface area contributed by atoms with E-state index < -0.39 is 11.7 Å². The molecule has 2 aromatic rings. The number of nitrogens with one attached hydrogen (secondary N) is 1. The second kappa shape index (κ2) is 6.71. The van der Waals surface area contributed by atoms with Crippen LogP contribution in [-0.4, -0.2) is 33.4 Å². The summed E-state index contributed by atoms with van der Waals surface area (Å²) in [6.07, 6.45) is 1.37. The van der Waals surface area contributed by atoms with Gasteiger partial charge < -0.3 is 14.9 Å². The Morgan fingerprint density at radius 1 is 1.55 bits per heavy atom. The summed E-state index contributed by atoms with van der Waals surface area (Å²) < 4.78 is 4.92. The standard InChI is InChI=1S/C13H12ClN3O4S/c1-6-15-13(17-16-6)22-10(12(19)20)5-7-3-8(14)11(18)9(4-7)21-2/h3-5,18H,1-2H3,(H,19,20)(H,15,16,17)/p-1/b10-5+. The van der Waals surface area contributed by atoms with Gasteiger partial charge in [0.2, 0.25) is 5.16 Å². The number of halogens is 1. The predicted octanol–water partition coefficient (Wildman–Crippen LogP) is 2.07. The molecule has 22 heavy (non-hydrogen) atoms. The summed E-state index contributed by atoms with van der Waals surface area (Å²) in [6.45, 7) is 1.71. The second-order valence-electron chi connectivity index (χ2n) is 4.15. The van der Waals surface area contributed by atoms with Gasteiger partial charge in [0.15, 0.2) is 0 Å². The number of carbonyl (C=O) groups is 1. The number of aliphatic carboxylic acids is 1. The maximum Gasteiger partial charge on any atom is 0.342 e. The number of benzene rings is 1. The summed E-state index contributed by atoms with van der Waals surface area (Å²) in [5, 5.41) is 27.6. The van der Waals surface area contributed by atoms with Crippen molar-refractivity contribution >= 4 is 35.4 Å². The lowest BCUT2D eigenvalue weighted by Gasteiger charge is -2.15. The van der Waals surface area contributed by atoms with Gasteiger partial charge in [0.1, 0.15) is 16.5 Å². The molecule has 1 aromatic heterocycles. The van der Waals surface area contributed by atoms with E-state index in [1.165, 1.54) is 25.3 Å². The van der Waals surface area contributed by atoms with Crippen LogP contribution in [0.4, 0.5) is 0 Å². The molecule has 9 heteroatoms. The molecule has 0 atom stereocenters. The topological polar surface area (TPSA) is 111 Å². The van der Waals surface area contributed by atoms with Gasteiger partial charge in [-0.3, -0.25) is 5.10 Å². The van der Waals surface area contributed by atoms with E-state index >= 15 is 0 Å². The van der Waals surface area contributed by atoms with Crippen LogP contribution in [0, 0.1) is 6.92 Å². The van der Waals surface area contributed by atoms with Crippen LogP contribution in [0.2, 0.25) is 5.02 Å². The van der Waals surface area contributed by atoms with Gasteiger partial charge in [-0.05, 0) is 48.2 Å². The molecule has 1 aromatic carbocycles. The van der Waals surface area contributed by atoms with Crippen molar-refractivity contribution in [3.8, 4) is 11.5 Å². The van der Waals surface area contributed by atoms with Gasteiger partial charge in [-0.1, -0.05) is 11.6 Å². The Morgan fingerprint density at radius 2 is 2.27 bits per heavy atom. The molecule has 0 aliphatic heterocycles. The number of nitrogens with zero attached hydrogens (tertiary/aromatic N) is 2. The molecule has 0 saturated heterocycles. The Balaban J connectivity index is 2.38. The number of thioether (sulfide) groups is 1. The molecular formula is C13H11ClN3O4S-. The molecule has 0 spiro atoms. The fourth-order valence-corrected chi connectivity index (χ4v) is 2.55. The number of H-pyrrole nitrogens is 1. The number of rotatable bonds is 5. The van der Waals surface area contributed by atoms with Gasteiger partial charge >= 0.3 is 5.97 Å². The minimum Gasteiger partial charge on any atom is -0.869 e. The number of aryl methyl sites for hydroxylation is 1. The zero-order valence-electron chi connectivity index (χ0n) is 11.6. The van der Waals surface area contributed by atoms with E-state index in [0.29, 0.717) is 11.4 Å². The Labute approximate surface area is 135 Å². The maximum atomic E-state index is 11.6. The first-order valence-electron chi connectivity index (χ1n) is 5.97. The van der Waals surface area contributed by atoms with Gasteiger partial charge in [-0.15, -0.1) is 5.10 Å². The van der Waals surface area contributed by atoms with Crippen LogP contribution in [0.1, 0.15) is 11.4 Å². The molecule has 0 aliphatic carbocycles. The van der Waals surface area contributed by atoms with E-state index in [1.54, 1.807) is 6.92 Å². The first-order valence-corrected chi connectivity index (χ1v) is 7.16. The molecule has 0 fully saturated rings. The lowest BCUT2D eigenvalue weighted by Crippen LogP contribution is -1.99. The third kappa shape index (κ3) is 3.71. The van der Waals surface area contributed by atoms with Gasteiger partial charge in [-0.25, -0.2) is 9.78 Å². The van der Waals surface area contributed by atoms with Gasteiger partial charge in [0, 0.05) is 5.02 Å². The van der Waals surface area contributed by atoms with Gasteiger partial charge in [0.25, 0.3) is 0 Å². The highest BCUT2D eigenvalue weighted by Gasteiger charge is 2.13. The minimum atomic E-state index is -1.14. The number of methoxy groups -OCH3 is 1. The van der Waals surface area contributed by atoms with Crippen LogP contribution in [0.25, 0.3) is 6.08 Å². The van der Waals surface area contributed by atoms with E-state index in [1.807, 2.05) is 0 Å². The molecule has 0 radical (unpaired) electrons. The molecule has 0 saturated carbocycles. The average Bonchev–Trinajstić information content (AvgIpc) is 2.87. The molecule has 0 aliphatic rings. The number of carboxylic acid groups (broad SMARTS) is 1. The van der Waals surface area contributed by atoms with Crippen molar-refractivity contribution in [3.63, 3.8) is 0 Å². The number of aromatic nitrogens is 3. The normalized spacial score (nSPS) is 11.5.